The van der Waals surface area contributed by atoms with Crippen LogP contribution < -0.4 is 15.5 Å². The van der Waals surface area contributed by atoms with Gasteiger partial charge in [0.15, 0.2) is 6.61 Å². The summed E-state index contributed by atoms with van der Waals surface area (Å²) in [4.78, 5) is 39.4. The average Bonchev–Trinajstić information content (AvgIpc) is 2.87. The maximum absolute atomic E-state index is 12.8. The number of benzene rings is 2. The summed E-state index contributed by atoms with van der Waals surface area (Å²) in [5, 5.41) is 7.30. The highest BCUT2D eigenvalue weighted by molar-refractivity contribution is 9.10. The number of morpholine rings is 1. The maximum Gasteiger partial charge on any atom is 0.262 e. The third-order valence-corrected chi connectivity index (χ3v) is 6.15. The summed E-state index contributed by atoms with van der Waals surface area (Å²) in [5.74, 6) is -0.740. The zero-order valence-corrected chi connectivity index (χ0v) is 22.3. The number of amides is 3. The molecule has 1 heterocycles. The van der Waals surface area contributed by atoms with E-state index in [4.69, 9.17) is 21.1 Å². The molecule has 192 valence electrons. The number of nitrogens with zero attached hydrogens (tertiary/aromatic N) is 2. The van der Waals surface area contributed by atoms with Gasteiger partial charge in [-0.2, -0.15) is 5.10 Å². The summed E-state index contributed by atoms with van der Waals surface area (Å²) in [6, 6.07) is 10.8. The molecule has 3 amide bonds. The van der Waals surface area contributed by atoms with Crippen molar-refractivity contribution in [2.75, 3.05) is 32.9 Å². The summed E-state index contributed by atoms with van der Waals surface area (Å²) < 4.78 is 11.8. The van der Waals surface area contributed by atoms with E-state index >= 15 is 0 Å². The molecule has 0 bridgehead atoms. The van der Waals surface area contributed by atoms with Crippen LogP contribution in [-0.4, -0.2) is 67.8 Å². The van der Waals surface area contributed by atoms with Gasteiger partial charge >= 0.3 is 0 Å². The van der Waals surface area contributed by atoms with Crippen molar-refractivity contribution in [3.05, 3.63) is 63.1 Å². The Hall–Kier alpha value is -2.95. The molecule has 1 fully saturated rings. The second-order valence-corrected chi connectivity index (χ2v) is 9.75. The predicted octanol–water partition coefficient (Wildman–Crippen LogP) is 3.24. The van der Waals surface area contributed by atoms with Crippen LogP contribution in [-0.2, 0) is 14.3 Å². The number of carbonyl (C=O) groups excluding carboxylic acids is 3. The van der Waals surface area contributed by atoms with E-state index in [1.807, 2.05) is 13.8 Å². The molecular formula is C25H28BrClN4O5. The number of hydrogen-bond donors (Lipinski definition) is 2. The van der Waals surface area contributed by atoms with Crippen molar-refractivity contribution in [2.45, 2.75) is 19.9 Å². The highest BCUT2D eigenvalue weighted by atomic mass is 79.9. The Morgan fingerprint density at radius 3 is 2.53 bits per heavy atom. The van der Waals surface area contributed by atoms with Crippen molar-refractivity contribution >= 4 is 51.5 Å². The molecule has 11 heteroatoms. The molecule has 1 saturated heterocycles. The Labute approximate surface area is 223 Å². The quantitative estimate of drug-likeness (QED) is 0.350. The summed E-state index contributed by atoms with van der Waals surface area (Å²) in [7, 11) is 0. The minimum Gasteiger partial charge on any atom is -0.483 e. The van der Waals surface area contributed by atoms with E-state index in [0.717, 1.165) is 4.47 Å². The van der Waals surface area contributed by atoms with Crippen molar-refractivity contribution in [3.8, 4) is 5.75 Å². The minimum absolute atomic E-state index is 0.124. The molecule has 2 aromatic carbocycles. The van der Waals surface area contributed by atoms with Crippen LogP contribution in [0.3, 0.4) is 0 Å². The van der Waals surface area contributed by atoms with E-state index in [1.54, 1.807) is 47.4 Å². The fourth-order valence-electron chi connectivity index (χ4n) is 3.39. The van der Waals surface area contributed by atoms with E-state index < -0.39 is 17.9 Å². The zero-order valence-electron chi connectivity index (χ0n) is 20.0. The van der Waals surface area contributed by atoms with Crippen molar-refractivity contribution in [3.63, 3.8) is 0 Å². The number of halogens is 2. The van der Waals surface area contributed by atoms with Gasteiger partial charge in [-0.3, -0.25) is 14.4 Å². The van der Waals surface area contributed by atoms with Crippen molar-refractivity contribution in [1.29, 1.82) is 0 Å². The van der Waals surface area contributed by atoms with E-state index in [1.165, 1.54) is 6.21 Å². The lowest BCUT2D eigenvalue weighted by Crippen LogP contribution is -2.48. The van der Waals surface area contributed by atoms with Gasteiger partial charge in [-0.15, -0.1) is 0 Å². The molecule has 1 aliphatic rings. The third kappa shape index (κ3) is 8.04. The summed E-state index contributed by atoms with van der Waals surface area (Å²) >= 11 is 9.28. The summed E-state index contributed by atoms with van der Waals surface area (Å²) in [6.07, 6.45) is 1.43. The van der Waals surface area contributed by atoms with Gasteiger partial charge in [0.1, 0.15) is 11.8 Å². The summed E-state index contributed by atoms with van der Waals surface area (Å²) in [5.41, 5.74) is 3.43. The van der Waals surface area contributed by atoms with Crippen LogP contribution in [0, 0.1) is 5.92 Å². The SMILES string of the molecule is CC(C)C(NC(=O)c1ccc(Cl)cc1)C(=O)NN=Cc1cc(Br)ccc1OCC(=O)N1CCOCC1. The number of nitrogens with one attached hydrogen (secondary N) is 2. The van der Waals surface area contributed by atoms with Crippen molar-refractivity contribution in [2.24, 2.45) is 11.0 Å². The van der Waals surface area contributed by atoms with Crippen LogP contribution in [0.25, 0.3) is 0 Å². The van der Waals surface area contributed by atoms with Crippen LogP contribution in [0.2, 0.25) is 5.02 Å². The van der Waals surface area contributed by atoms with Crippen LogP contribution in [0.15, 0.2) is 52.0 Å². The Balaban J connectivity index is 1.61. The predicted molar refractivity (Wildman–Crippen MR) is 140 cm³/mol. The standard InChI is InChI=1S/C25H28BrClN4O5/c1-16(2)23(29-24(33)17-3-6-20(27)7-4-17)25(34)30-28-14-18-13-19(26)5-8-21(18)36-15-22(32)31-9-11-35-12-10-31/h3-8,13-14,16,23H,9-12,15H2,1-2H3,(H,29,33)(H,30,34). The first-order valence-electron chi connectivity index (χ1n) is 11.4. The molecule has 3 rings (SSSR count). The Morgan fingerprint density at radius 2 is 1.86 bits per heavy atom. The van der Waals surface area contributed by atoms with Gasteiger partial charge in [-0.1, -0.05) is 41.4 Å². The van der Waals surface area contributed by atoms with E-state index in [0.29, 0.717) is 48.2 Å². The molecule has 2 aromatic rings. The van der Waals surface area contributed by atoms with E-state index in [9.17, 15) is 14.4 Å². The lowest BCUT2D eigenvalue weighted by Gasteiger charge is -2.26. The highest BCUT2D eigenvalue weighted by Gasteiger charge is 2.24. The van der Waals surface area contributed by atoms with Crippen LogP contribution >= 0.6 is 27.5 Å². The third-order valence-electron chi connectivity index (χ3n) is 5.41. The molecule has 1 aliphatic heterocycles. The van der Waals surface area contributed by atoms with Crippen LogP contribution in [0.5, 0.6) is 5.75 Å². The Kier molecular flexibility index (Phi) is 10.3. The topological polar surface area (TPSA) is 109 Å². The Bertz CT molecular complexity index is 1100. The first-order valence-corrected chi connectivity index (χ1v) is 12.6. The lowest BCUT2D eigenvalue weighted by molar-refractivity contribution is -0.137. The van der Waals surface area contributed by atoms with Gasteiger partial charge in [0.25, 0.3) is 17.7 Å². The number of carbonyl (C=O) groups is 3. The van der Waals surface area contributed by atoms with Gasteiger partial charge in [0, 0.05) is 33.7 Å². The zero-order chi connectivity index (χ0) is 26.1. The first kappa shape index (κ1) is 27.6. The first-order chi connectivity index (χ1) is 17.2. The number of hydrogen-bond acceptors (Lipinski definition) is 6. The molecule has 2 N–H and O–H groups in total. The van der Waals surface area contributed by atoms with Gasteiger partial charge in [-0.25, -0.2) is 5.43 Å². The molecule has 9 nitrogen and oxygen atoms in total. The summed E-state index contributed by atoms with van der Waals surface area (Å²) in [6.45, 7) is 5.62. The number of hydrazone groups is 1. The molecule has 1 unspecified atom stereocenters. The maximum atomic E-state index is 12.8. The van der Waals surface area contributed by atoms with Gasteiger partial charge in [0.05, 0.1) is 19.4 Å². The molecule has 0 saturated carbocycles. The smallest absolute Gasteiger partial charge is 0.262 e. The van der Waals surface area contributed by atoms with Crippen molar-refractivity contribution < 1.29 is 23.9 Å². The second-order valence-electron chi connectivity index (χ2n) is 8.40. The fraction of sp³-hybridized carbons (Fsp3) is 0.360. The molecule has 0 spiro atoms. The van der Waals surface area contributed by atoms with Gasteiger partial charge < -0.3 is 19.7 Å². The van der Waals surface area contributed by atoms with Gasteiger partial charge in [0.2, 0.25) is 0 Å². The average molecular weight is 580 g/mol. The molecular weight excluding hydrogens is 552 g/mol. The molecule has 36 heavy (non-hydrogen) atoms. The molecule has 0 aromatic heterocycles. The normalized spacial score (nSPS) is 14.5. The lowest BCUT2D eigenvalue weighted by atomic mass is 10.0. The highest BCUT2D eigenvalue weighted by Crippen LogP contribution is 2.22. The monoisotopic (exact) mass is 578 g/mol. The second kappa shape index (κ2) is 13.4. The largest absolute Gasteiger partial charge is 0.483 e. The number of rotatable bonds is 9. The fourth-order valence-corrected chi connectivity index (χ4v) is 3.90. The van der Waals surface area contributed by atoms with Crippen LogP contribution in [0.1, 0.15) is 29.8 Å². The van der Waals surface area contributed by atoms with Crippen LogP contribution in [0.4, 0.5) is 0 Å². The Morgan fingerprint density at radius 1 is 1.17 bits per heavy atom. The number of ether oxygens (including phenoxy) is 2. The molecule has 0 aliphatic carbocycles. The van der Waals surface area contributed by atoms with Crippen molar-refractivity contribution in [1.82, 2.24) is 15.6 Å². The minimum atomic E-state index is -0.810. The molecule has 0 radical (unpaired) electrons. The van der Waals surface area contributed by atoms with E-state index in [-0.39, 0.29) is 18.4 Å². The van der Waals surface area contributed by atoms with E-state index in [2.05, 4.69) is 31.8 Å². The van der Waals surface area contributed by atoms with Gasteiger partial charge in [-0.05, 0) is 48.4 Å². The molecule has 1 atom stereocenters.